The highest BCUT2D eigenvalue weighted by Gasteiger charge is 2.21. The van der Waals surface area contributed by atoms with Crippen molar-refractivity contribution in [2.45, 2.75) is 45.7 Å². The van der Waals surface area contributed by atoms with E-state index in [1.165, 1.54) is 5.56 Å². The number of aliphatic carboxylic acids is 1. The minimum absolute atomic E-state index is 0.104. The molecule has 3 nitrogen and oxygen atoms in total. The lowest BCUT2D eigenvalue weighted by atomic mass is 10.0. The number of hydrogen-bond donors (Lipinski definition) is 1. The molecule has 0 saturated heterocycles. The summed E-state index contributed by atoms with van der Waals surface area (Å²) >= 11 is 3.42. The van der Waals surface area contributed by atoms with Crippen LogP contribution in [-0.4, -0.2) is 34.6 Å². The number of halogens is 1. The molecule has 0 amide bonds. The molecule has 0 heterocycles. The van der Waals surface area contributed by atoms with E-state index in [4.69, 9.17) is 5.11 Å². The van der Waals surface area contributed by atoms with Crippen LogP contribution < -0.4 is 0 Å². The largest absolute Gasteiger partial charge is 0.480 e. The van der Waals surface area contributed by atoms with Gasteiger partial charge in [-0.25, -0.2) is 0 Å². The smallest absolute Gasteiger partial charge is 0.317 e. The summed E-state index contributed by atoms with van der Waals surface area (Å²) in [4.78, 5) is 13.0. The van der Waals surface area contributed by atoms with E-state index in [1.807, 2.05) is 12.1 Å². The Morgan fingerprint density at radius 2 is 1.84 bits per heavy atom. The zero-order valence-corrected chi connectivity index (χ0v) is 13.4. The highest BCUT2D eigenvalue weighted by molar-refractivity contribution is 9.10. The van der Waals surface area contributed by atoms with Gasteiger partial charge in [-0.1, -0.05) is 35.0 Å². The third-order valence-corrected chi connectivity index (χ3v) is 4.01. The average Bonchev–Trinajstić information content (AvgIpc) is 2.37. The van der Waals surface area contributed by atoms with Crippen molar-refractivity contribution in [3.8, 4) is 0 Å². The minimum Gasteiger partial charge on any atom is -0.480 e. The first-order chi connectivity index (χ1) is 8.93. The van der Waals surface area contributed by atoms with Crippen LogP contribution in [0, 0.1) is 0 Å². The molecule has 1 rings (SSSR count). The summed E-state index contributed by atoms with van der Waals surface area (Å²) in [7, 11) is 0. The van der Waals surface area contributed by atoms with E-state index in [9.17, 15) is 4.79 Å². The van der Waals surface area contributed by atoms with E-state index in [2.05, 4.69) is 53.7 Å². The Hall–Kier alpha value is -0.870. The van der Waals surface area contributed by atoms with E-state index in [-0.39, 0.29) is 18.6 Å². The van der Waals surface area contributed by atoms with E-state index < -0.39 is 5.97 Å². The zero-order chi connectivity index (χ0) is 14.4. The monoisotopic (exact) mass is 327 g/mol. The Bertz CT molecular complexity index is 405. The van der Waals surface area contributed by atoms with Crippen LogP contribution in [0.15, 0.2) is 28.7 Å². The summed E-state index contributed by atoms with van der Waals surface area (Å²) in [6.45, 7) is 6.37. The summed E-state index contributed by atoms with van der Waals surface area (Å²) < 4.78 is 1.06. The fourth-order valence-corrected chi connectivity index (χ4v) is 2.48. The molecule has 0 radical (unpaired) electrons. The summed E-state index contributed by atoms with van der Waals surface area (Å²) in [6, 6.07) is 8.69. The van der Waals surface area contributed by atoms with E-state index >= 15 is 0 Å². The molecule has 1 aromatic rings. The maximum atomic E-state index is 11.0. The lowest BCUT2D eigenvalue weighted by Gasteiger charge is -2.32. The van der Waals surface area contributed by atoms with Gasteiger partial charge in [-0.15, -0.1) is 0 Å². The van der Waals surface area contributed by atoms with Crippen LogP contribution in [0.3, 0.4) is 0 Å². The van der Waals surface area contributed by atoms with Gasteiger partial charge in [-0.05, 0) is 44.4 Å². The van der Waals surface area contributed by atoms with E-state index in [0.29, 0.717) is 0 Å². The first kappa shape index (κ1) is 16.2. The van der Waals surface area contributed by atoms with Crippen molar-refractivity contribution in [1.82, 2.24) is 4.90 Å². The molecule has 2 unspecified atom stereocenters. The summed E-state index contributed by atoms with van der Waals surface area (Å²) in [5, 5.41) is 9.03. The third-order valence-electron chi connectivity index (χ3n) is 3.49. The Morgan fingerprint density at radius 1 is 1.26 bits per heavy atom. The molecule has 4 heteroatoms. The highest BCUT2D eigenvalue weighted by Crippen LogP contribution is 2.16. The number of carboxylic acid groups (broad SMARTS) is 1. The molecule has 0 bridgehead atoms. The van der Waals surface area contributed by atoms with Crippen molar-refractivity contribution in [2.75, 3.05) is 6.54 Å². The number of rotatable bonds is 7. The van der Waals surface area contributed by atoms with Crippen LogP contribution in [-0.2, 0) is 11.2 Å². The lowest BCUT2D eigenvalue weighted by Crippen LogP contribution is -2.44. The van der Waals surface area contributed by atoms with Crippen LogP contribution in [0.5, 0.6) is 0 Å². The quantitative estimate of drug-likeness (QED) is 0.832. The number of carbonyl (C=O) groups is 1. The lowest BCUT2D eigenvalue weighted by molar-refractivity contribution is -0.139. The maximum Gasteiger partial charge on any atom is 0.317 e. The maximum absolute atomic E-state index is 11.0. The van der Waals surface area contributed by atoms with Gasteiger partial charge in [0, 0.05) is 16.6 Å². The molecule has 0 spiro atoms. The molecule has 0 aromatic heterocycles. The van der Waals surface area contributed by atoms with Gasteiger partial charge in [0.25, 0.3) is 0 Å². The summed E-state index contributed by atoms with van der Waals surface area (Å²) in [6.07, 6.45) is 1.82. The number of carboxylic acids is 1. The van der Waals surface area contributed by atoms with E-state index in [1.54, 1.807) is 0 Å². The third kappa shape index (κ3) is 5.33. The van der Waals surface area contributed by atoms with Crippen molar-refractivity contribution >= 4 is 21.9 Å². The predicted molar refractivity (Wildman–Crippen MR) is 81.4 cm³/mol. The normalized spacial score (nSPS) is 14.4. The second kappa shape index (κ2) is 7.65. The second-order valence-corrected chi connectivity index (χ2v) is 5.92. The Kier molecular flexibility index (Phi) is 6.52. The van der Waals surface area contributed by atoms with Crippen molar-refractivity contribution in [3.05, 3.63) is 34.3 Å². The molecule has 0 aliphatic heterocycles. The van der Waals surface area contributed by atoms with E-state index in [0.717, 1.165) is 17.3 Å². The van der Waals surface area contributed by atoms with Gasteiger partial charge < -0.3 is 5.11 Å². The number of benzene rings is 1. The fourth-order valence-electron chi connectivity index (χ4n) is 2.22. The average molecular weight is 328 g/mol. The molecule has 0 fully saturated rings. The molecule has 1 aromatic carbocycles. The SMILES string of the molecule is CCC(C)N(CC(=O)O)C(C)Cc1ccc(Br)cc1. The van der Waals surface area contributed by atoms with Gasteiger partial charge in [0.2, 0.25) is 0 Å². The minimum atomic E-state index is -0.761. The molecule has 0 aliphatic rings. The fraction of sp³-hybridized carbons (Fsp3) is 0.533. The van der Waals surface area contributed by atoms with Gasteiger partial charge in [0.15, 0.2) is 0 Å². The number of nitrogens with zero attached hydrogens (tertiary/aromatic N) is 1. The molecule has 19 heavy (non-hydrogen) atoms. The van der Waals surface area contributed by atoms with Crippen LogP contribution in [0.4, 0.5) is 0 Å². The van der Waals surface area contributed by atoms with Gasteiger partial charge in [-0.2, -0.15) is 0 Å². The zero-order valence-electron chi connectivity index (χ0n) is 11.8. The number of hydrogen-bond acceptors (Lipinski definition) is 2. The van der Waals surface area contributed by atoms with Gasteiger partial charge in [-0.3, -0.25) is 9.69 Å². The second-order valence-electron chi connectivity index (χ2n) is 5.00. The van der Waals surface area contributed by atoms with Gasteiger partial charge in [0.1, 0.15) is 0 Å². The Labute approximate surface area is 123 Å². The van der Waals surface area contributed by atoms with Gasteiger partial charge >= 0.3 is 5.97 Å². The standard InChI is InChI=1S/C15H22BrNO2/c1-4-11(2)17(10-15(18)19)12(3)9-13-5-7-14(16)8-6-13/h5-8,11-12H,4,9-10H2,1-3H3,(H,18,19). The summed E-state index contributed by atoms with van der Waals surface area (Å²) in [5.74, 6) is -0.761. The van der Waals surface area contributed by atoms with Gasteiger partial charge in [0.05, 0.1) is 6.54 Å². The van der Waals surface area contributed by atoms with Crippen molar-refractivity contribution in [3.63, 3.8) is 0 Å². The first-order valence-corrected chi connectivity index (χ1v) is 7.45. The molecular formula is C15H22BrNO2. The molecular weight excluding hydrogens is 306 g/mol. The van der Waals surface area contributed by atoms with Crippen molar-refractivity contribution in [2.24, 2.45) is 0 Å². The van der Waals surface area contributed by atoms with Crippen molar-refractivity contribution in [1.29, 1.82) is 0 Å². The molecule has 1 N–H and O–H groups in total. The van der Waals surface area contributed by atoms with Crippen LogP contribution in [0.25, 0.3) is 0 Å². The first-order valence-electron chi connectivity index (χ1n) is 6.66. The molecule has 0 aliphatic carbocycles. The predicted octanol–water partition coefficient (Wildman–Crippen LogP) is 3.57. The van der Waals surface area contributed by atoms with Crippen LogP contribution in [0.2, 0.25) is 0 Å². The molecule has 0 saturated carbocycles. The highest BCUT2D eigenvalue weighted by atomic mass is 79.9. The van der Waals surface area contributed by atoms with Crippen LogP contribution in [0.1, 0.15) is 32.8 Å². The molecule has 106 valence electrons. The molecule has 2 atom stereocenters. The Balaban J connectivity index is 2.72. The summed E-state index contributed by atoms with van der Waals surface area (Å²) in [5.41, 5.74) is 1.23. The topological polar surface area (TPSA) is 40.5 Å². The van der Waals surface area contributed by atoms with Crippen LogP contribution >= 0.6 is 15.9 Å². The van der Waals surface area contributed by atoms with Crippen molar-refractivity contribution < 1.29 is 9.90 Å². The Morgan fingerprint density at radius 3 is 2.32 bits per heavy atom.